The minimum atomic E-state index is 0.359. The number of fused-ring (bicyclic) bond motifs is 1. The van der Waals surface area contributed by atoms with Crippen molar-refractivity contribution in [1.82, 2.24) is 15.0 Å². The number of nitrogen functional groups attached to an aromatic ring is 1. The highest BCUT2D eigenvalue weighted by Gasteiger charge is 2.06. The molecule has 0 aliphatic heterocycles. The Balaban J connectivity index is 2.27. The Hall–Kier alpha value is -2.71. The van der Waals surface area contributed by atoms with Crippen LogP contribution in [0.2, 0.25) is 0 Å². The molecule has 0 spiro atoms. The zero-order valence-electron chi connectivity index (χ0n) is 8.88. The summed E-state index contributed by atoms with van der Waals surface area (Å²) in [5.74, 6) is 6.24. The normalized spacial score (nSPS) is 9.41. The molecule has 84 valence electrons. The van der Waals surface area contributed by atoms with E-state index in [9.17, 15) is 0 Å². The van der Waals surface area contributed by atoms with E-state index in [1.54, 1.807) is 6.20 Å². The lowest BCUT2D eigenvalue weighted by molar-refractivity contribution is 1.01. The van der Waals surface area contributed by atoms with Crippen LogP contribution in [0.1, 0.15) is 12.0 Å². The molecule has 7 nitrogen and oxygen atoms in total. The summed E-state index contributed by atoms with van der Waals surface area (Å²) in [5, 5.41) is 4.12. The second kappa shape index (κ2) is 4.88. The lowest BCUT2D eigenvalue weighted by Crippen LogP contribution is -1.92. The number of aromatic nitrogens is 3. The van der Waals surface area contributed by atoms with Gasteiger partial charge in [-0.05, 0) is 5.53 Å². The van der Waals surface area contributed by atoms with Gasteiger partial charge in [-0.15, -0.1) is 0 Å². The van der Waals surface area contributed by atoms with Crippen LogP contribution in [-0.2, 0) is 0 Å². The second-order valence-corrected chi connectivity index (χ2v) is 3.19. The molecule has 2 aromatic heterocycles. The van der Waals surface area contributed by atoms with Gasteiger partial charge in [-0.1, -0.05) is 17.0 Å². The van der Waals surface area contributed by atoms with Crippen LogP contribution in [0.4, 0.5) is 5.82 Å². The summed E-state index contributed by atoms with van der Waals surface area (Å²) in [4.78, 5) is 13.6. The Morgan fingerprint density at radius 3 is 3.24 bits per heavy atom. The van der Waals surface area contributed by atoms with E-state index < -0.39 is 0 Å². The topological polar surface area (TPSA) is 116 Å². The lowest BCUT2D eigenvalue weighted by atomic mass is 10.2. The Morgan fingerprint density at radius 1 is 1.53 bits per heavy atom. The van der Waals surface area contributed by atoms with E-state index in [0.29, 0.717) is 24.4 Å². The van der Waals surface area contributed by atoms with Crippen LogP contribution in [0.5, 0.6) is 0 Å². The van der Waals surface area contributed by atoms with Crippen molar-refractivity contribution in [3.8, 4) is 11.8 Å². The number of azide groups is 1. The lowest BCUT2D eigenvalue weighted by Gasteiger charge is -1.93. The molecule has 0 aliphatic rings. The summed E-state index contributed by atoms with van der Waals surface area (Å²) in [5.41, 5.74) is 15.3. The van der Waals surface area contributed by atoms with E-state index in [1.807, 2.05) is 0 Å². The first-order chi connectivity index (χ1) is 8.33. The van der Waals surface area contributed by atoms with Gasteiger partial charge in [-0.25, -0.2) is 9.97 Å². The smallest absolute Gasteiger partial charge is 0.144 e. The molecule has 0 amide bonds. The molecule has 0 atom stereocenters. The summed E-state index contributed by atoms with van der Waals surface area (Å²) in [7, 11) is 0. The average Bonchev–Trinajstić information content (AvgIpc) is 2.74. The third-order valence-corrected chi connectivity index (χ3v) is 2.12. The van der Waals surface area contributed by atoms with Gasteiger partial charge in [0.2, 0.25) is 0 Å². The highest BCUT2D eigenvalue weighted by atomic mass is 15.1. The van der Waals surface area contributed by atoms with Crippen molar-refractivity contribution < 1.29 is 0 Å². The molecule has 0 aromatic carbocycles. The fourth-order valence-corrected chi connectivity index (χ4v) is 1.39. The van der Waals surface area contributed by atoms with Crippen LogP contribution < -0.4 is 5.73 Å². The number of nitrogens with one attached hydrogen (secondary N) is 1. The van der Waals surface area contributed by atoms with Gasteiger partial charge in [-0.2, -0.15) is 0 Å². The number of rotatable bonds is 2. The summed E-state index contributed by atoms with van der Waals surface area (Å²) in [6.45, 7) is 0.359. The molecule has 0 saturated heterocycles. The number of nitrogens with two attached hydrogens (primary N) is 1. The zero-order chi connectivity index (χ0) is 12.1. The fourth-order valence-electron chi connectivity index (χ4n) is 1.39. The van der Waals surface area contributed by atoms with Crippen molar-refractivity contribution in [3.63, 3.8) is 0 Å². The van der Waals surface area contributed by atoms with Gasteiger partial charge in [-0.3, -0.25) is 0 Å². The van der Waals surface area contributed by atoms with E-state index in [1.165, 1.54) is 6.33 Å². The molecule has 0 fully saturated rings. The molecule has 0 radical (unpaired) electrons. The van der Waals surface area contributed by atoms with Gasteiger partial charge in [0.05, 0.1) is 10.9 Å². The first kappa shape index (κ1) is 10.8. The van der Waals surface area contributed by atoms with Gasteiger partial charge in [0, 0.05) is 24.1 Å². The predicted molar refractivity (Wildman–Crippen MR) is 63.8 cm³/mol. The maximum atomic E-state index is 8.10. The fraction of sp³-hybridized carbons (Fsp3) is 0.200. The minimum Gasteiger partial charge on any atom is -0.383 e. The third kappa shape index (κ3) is 2.27. The van der Waals surface area contributed by atoms with Crippen LogP contribution in [0, 0.1) is 11.8 Å². The van der Waals surface area contributed by atoms with Gasteiger partial charge in [0.1, 0.15) is 17.8 Å². The molecule has 0 bridgehead atoms. The van der Waals surface area contributed by atoms with Crippen LogP contribution in [0.3, 0.4) is 0 Å². The Labute approximate surface area is 96.7 Å². The number of hydrogen-bond acceptors (Lipinski definition) is 4. The molecular weight excluding hydrogens is 218 g/mol. The van der Waals surface area contributed by atoms with Gasteiger partial charge in [0.25, 0.3) is 0 Å². The molecule has 7 heteroatoms. The van der Waals surface area contributed by atoms with E-state index in [2.05, 4.69) is 36.8 Å². The zero-order valence-corrected chi connectivity index (χ0v) is 8.88. The van der Waals surface area contributed by atoms with Crippen molar-refractivity contribution in [2.45, 2.75) is 6.42 Å². The van der Waals surface area contributed by atoms with Crippen molar-refractivity contribution in [1.29, 1.82) is 0 Å². The minimum absolute atomic E-state index is 0.359. The molecule has 3 N–H and O–H groups in total. The van der Waals surface area contributed by atoms with Crippen LogP contribution >= 0.6 is 0 Å². The van der Waals surface area contributed by atoms with E-state index in [0.717, 1.165) is 10.9 Å². The number of H-pyrrole nitrogens is 1. The van der Waals surface area contributed by atoms with Crippen molar-refractivity contribution in [2.75, 3.05) is 12.3 Å². The van der Waals surface area contributed by atoms with Gasteiger partial charge in [0.15, 0.2) is 0 Å². The predicted octanol–water partition coefficient (Wildman–Crippen LogP) is 1.59. The first-order valence-electron chi connectivity index (χ1n) is 4.90. The second-order valence-electron chi connectivity index (χ2n) is 3.19. The SMILES string of the molecule is [N-]=[N+]=NCCC#Cc1c[nH]c2ncnc(N)c12. The first-order valence-corrected chi connectivity index (χ1v) is 4.90. The summed E-state index contributed by atoms with van der Waals surface area (Å²) in [6, 6.07) is 0. The molecule has 17 heavy (non-hydrogen) atoms. The van der Waals surface area contributed by atoms with Crippen LogP contribution in [-0.4, -0.2) is 21.5 Å². The monoisotopic (exact) mass is 227 g/mol. The van der Waals surface area contributed by atoms with Gasteiger partial charge >= 0.3 is 0 Å². The van der Waals surface area contributed by atoms with Gasteiger partial charge < -0.3 is 10.7 Å². The van der Waals surface area contributed by atoms with Crippen LogP contribution in [0.25, 0.3) is 21.5 Å². The number of hydrogen-bond donors (Lipinski definition) is 2. The van der Waals surface area contributed by atoms with Crippen molar-refractivity contribution in [3.05, 3.63) is 28.5 Å². The van der Waals surface area contributed by atoms with Crippen molar-refractivity contribution >= 4 is 16.9 Å². The number of anilines is 1. The Bertz CT molecular complexity index is 639. The molecule has 2 heterocycles. The summed E-state index contributed by atoms with van der Waals surface area (Å²) >= 11 is 0. The summed E-state index contributed by atoms with van der Waals surface area (Å²) < 4.78 is 0. The molecule has 2 aromatic rings. The molecular formula is C10H9N7. The highest BCUT2D eigenvalue weighted by Crippen LogP contribution is 2.19. The molecule has 2 rings (SSSR count). The highest BCUT2D eigenvalue weighted by molar-refractivity contribution is 5.91. The third-order valence-electron chi connectivity index (χ3n) is 2.12. The van der Waals surface area contributed by atoms with Crippen LogP contribution in [0.15, 0.2) is 17.6 Å². The van der Waals surface area contributed by atoms with Crippen molar-refractivity contribution in [2.24, 2.45) is 5.11 Å². The molecule has 0 aliphatic carbocycles. The number of aromatic amines is 1. The molecule has 0 unspecified atom stereocenters. The maximum Gasteiger partial charge on any atom is 0.144 e. The Morgan fingerprint density at radius 2 is 2.41 bits per heavy atom. The average molecular weight is 227 g/mol. The summed E-state index contributed by atoms with van der Waals surface area (Å²) in [6.07, 6.45) is 3.63. The quantitative estimate of drug-likeness (QED) is 0.266. The maximum absolute atomic E-state index is 8.10. The Kier molecular flexibility index (Phi) is 3.10. The molecule has 0 saturated carbocycles. The number of nitrogens with zero attached hydrogens (tertiary/aromatic N) is 5. The van der Waals surface area contributed by atoms with E-state index >= 15 is 0 Å². The van der Waals surface area contributed by atoms with E-state index in [-0.39, 0.29) is 0 Å². The largest absolute Gasteiger partial charge is 0.383 e. The van der Waals surface area contributed by atoms with E-state index in [4.69, 9.17) is 11.3 Å². The standard InChI is InChI=1S/C10H9N7/c11-9-8-7(3-1-2-4-16-17-12)5-13-10(8)15-6-14-9/h5-6H,2,4H2,(H3,11,13,14,15).